The summed E-state index contributed by atoms with van der Waals surface area (Å²) in [5, 5.41) is 3.34. The van der Waals surface area contributed by atoms with Crippen molar-refractivity contribution >= 4 is 45.4 Å². The van der Waals surface area contributed by atoms with Crippen LogP contribution in [-0.2, 0) is 11.4 Å². The second-order valence-corrected chi connectivity index (χ2v) is 10.5. The summed E-state index contributed by atoms with van der Waals surface area (Å²) in [6, 6.07) is 16.5. The number of carbonyl (C=O) groups is 1. The third-order valence-corrected chi connectivity index (χ3v) is 7.74. The zero-order valence-corrected chi connectivity index (χ0v) is 20.8. The van der Waals surface area contributed by atoms with Crippen molar-refractivity contribution in [1.29, 1.82) is 0 Å². The first-order valence-electron chi connectivity index (χ1n) is 11.7. The number of amides is 1. The number of benzene rings is 2. The highest BCUT2D eigenvalue weighted by Gasteiger charge is 2.38. The van der Waals surface area contributed by atoms with Crippen molar-refractivity contribution in [3.8, 4) is 5.75 Å². The van der Waals surface area contributed by atoms with E-state index in [1.807, 2.05) is 40.6 Å². The van der Waals surface area contributed by atoms with Gasteiger partial charge < -0.3 is 4.74 Å². The van der Waals surface area contributed by atoms with Crippen molar-refractivity contribution in [3.05, 3.63) is 81.7 Å². The van der Waals surface area contributed by atoms with Gasteiger partial charge in [-0.15, -0.1) is 11.3 Å². The van der Waals surface area contributed by atoms with E-state index in [0.29, 0.717) is 16.6 Å². The molecule has 1 aliphatic carbocycles. The SMILES string of the molecule is Cc1ccc(COc2ccc(/C=C3\S/C(=N/c4nccs4)N(C4CCCCC4)C3=O)cc2)cc1. The molecule has 174 valence electrons. The number of thiazole rings is 1. The Morgan fingerprint density at radius 2 is 1.85 bits per heavy atom. The van der Waals surface area contributed by atoms with Gasteiger partial charge in [-0.1, -0.05) is 61.2 Å². The third-order valence-electron chi connectivity index (χ3n) is 6.09. The number of aliphatic imine (C=N–C) groups is 1. The zero-order chi connectivity index (χ0) is 23.3. The van der Waals surface area contributed by atoms with Gasteiger partial charge in [-0.25, -0.2) is 4.98 Å². The predicted octanol–water partition coefficient (Wildman–Crippen LogP) is 6.97. The second-order valence-electron chi connectivity index (χ2n) is 8.63. The fraction of sp³-hybridized carbons (Fsp3) is 0.296. The second kappa shape index (κ2) is 10.6. The summed E-state index contributed by atoms with van der Waals surface area (Å²) in [6.07, 6.45) is 9.32. The van der Waals surface area contributed by atoms with Crippen LogP contribution in [0.1, 0.15) is 48.8 Å². The normalized spacial score (nSPS) is 19.3. The van der Waals surface area contributed by atoms with Gasteiger partial charge in [0.2, 0.25) is 5.13 Å². The Labute approximate surface area is 208 Å². The molecule has 1 amide bonds. The van der Waals surface area contributed by atoms with Gasteiger partial charge in [0.25, 0.3) is 5.91 Å². The van der Waals surface area contributed by atoms with E-state index >= 15 is 0 Å². The van der Waals surface area contributed by atoms with E-state index in [4.69, 9.17) is 9.73 Å². The number of amidine groups is 1. The quantitative estimate of drug-likeness (QED) is 0.351. The van der Waals surface area contributed by atoms with Crippen molar-refractivity contribution in [2.75, 3.05) is 0 Å². The molecule has 0 bridgehead atoms. The van der Waals surface area contributed by atoms with E-state index in [-0.39, 0.29) is 11.9 Å². The Morgan fingerprint density at radius 1 is 1.09 bits per heavy atom. The van der Waals surface area contributed by atoms with Gasteiger partial charge in [0.15, 0.2) is 5.17 Å². The van der Waals surface area contributed by atoms with Crippen molar-refractivity contribution in [2.45, 2.75) is 51.7 Å². The van der Waals surface area contributed by atoms with Gasteiger partial charge in [-0.3, -0.25) is 9.69 Å². The van der Waals surface area contributed by atoms with Crippen molar-refractivity contribution < 1.29 is 9.53 Å². The number of aryl methyl sites for hydroxylation is 1. The van der Waals surface area contributed by atoms with Gasteiger partial charge in [0.1, 0.15) is 12.4 Å². The maximum Gasteiger partial charge on any atom is 0.267 e. The van der Waals surface area contributed by atoms with E-state index in [9.17, 15) is 4.79 Å². The number of hydrogen-bond donors (Lipinski definition) is 0. The summed E-state index contributed by atoms with van der Waals surface area (Å²) < 4.78 is 5.92. The minimum absolute atomic E-state index is 0.0481. The minimum Gasteiger partial charge on any atom is -0.489 e. The van der Waals surface area contributed by atoms with E-state index in [2.05, 4.69) is 36.2 Å². The molecule has 0 spiro atoms. The van der Waals surface area contributed by atoms with E-state index in [0.717, 1.165) is 47.7 Å². The van der Waals surface area contributed by atoms with Crippen LogP contribution >= 0.6 is 23.1 Å². The van der Waals surface area contributed by atoms with Crippen molar-refractivity contribution in [2.24, 2.45) is 4.99 Å². The number of thioether (sulfide) groups is 1. The van der Waals surface area contributed by atoms with Crippen LogP contribution in [0.3, 0.4) is 0 Å². The Hall–Kier alpha value is -2.90. The van der Waals surface area contributed by atoms with Crippen LogP contribution in [-0.4, -0.2) is 27.0 Å². The number of carbonyl (C=O) groups excluding carboxylic acids is 1. The first kappa shape index (κ1) is 22.9. The summed E-state index contributed by atoms with van der Waals surface area (Å²) in [5.41, 5.74) is 3.35. The molecular formula is C27H27N3O2S2. The molecule has 2 aliphatic rings. The molecule has 3 aromatic rings. The van der Waals surface area contributed by atoms with Crippen LogP contribution in [0.2, 0.25) is 0 Å². The van der Waals surface area contributed by atoms with Crippen molar-refractivity contribution in [1.82, 2.24) is 9.88 Å². The van der Waals surface area contributed by atoms with Crippen LogP contribution in [0.15, 0.2) is 70.0 Å². The first-order chi connectivity index (χ1) is 16.7. The highest BCUT2D eigenvalue weighted by atomic mass is 32.2. The predicted molar refractivity (Wildman–Crippen MR) is 140 cm³/mol. The van der Waals surface area contributed by atoms with Crippen LogP contribution in [0, 0.1) is 6.92 Å². The van der Waals surface area contributed by atoms with Crippen molar-refractivity contribution in [3.63, 3.8) is 0 Å². The van der Waals surface area contributed by atoms with Gasteiger partial charge in [0, 0.05) is 17.6 Å². The van der Waals surface area contributed by atoms with Gasteiger partial charge in [-0.05, 0) is 60.9 Å². The Kier molecular flexibility index (Phi) is 7.11. The lowest BCUT2D eigenvalue weighted by Crippen LogP contribution is -2.40. The van der Waals surface area contributed by atoms with Crippen LogP contribution in [0.25, 0.3) is 6.08 Å². The molecule has 1 saturated heterocycles. The highest BCUT2D eigenvalue weighted by Crippen LogP contribution is 2.38. The largest absolute Gasteiger partial charge is 0.489 e. The number of nitrogens with zero attached hydrogens (tertiary/aromatic N) is 3. The summed E-state index contributed by atoms with van der Waals surface area (Å²) in [5.74, 6) is 0.856. The number of aromatic nitrogens is 1. The molecule has 1 aromatic heterocycles. The Morgan fingerprint density at radius 3 is 2.56 bits per heavy atom. The third kappa shape index (κ3) is 5.42. The van der Waals surface area contributed by atoms with E-state index in [1.165, 1.54) is 35.1 Å². The molecule has 1 aliphatic heterocycles. The lowest BCUT2D eigenvalue weighted by molar-refractivity contribution is -0.124. The molecule has 0 atom stereocenters. The lowest BCUT2D eigenvalue weighted by Gasteiger charge is -2.30. The Balaban J connectivity index is 1.32. The van der Waals surface area contributed by atoms with Gasteiger partial charge in [0.05, 0.1) is 4.91 Å². The molecule has 2 aromatic carbocycles. The molecule has 2 heterocycles. The Bertz CT molecular complexity index is 1180. The highest BCUT2D eigenvalue weighted by molar-refractivity contribution is 8.18. The molecule has 5 nitrogen and oxygen atoms in total. The monoisotopic (exact) mass is 489 g/mol. The summed E-state index contributed by atoms with van der Waals surface area (Å²) in [6.45, 7) is 2.61. The topological polar surface area (TPSA) is 54.8 Å². The molecule has 0 unspecified atom stereocenters. The standard InChI is InChI=1S/C27H27N3O2S2/c1-19-7-9-21(10-8-19)18-32-23-13-11-20(12-14-23)17-24-25(31)30(22-5-3-2-4-6-22)27(34-24)29-26-28-15-16-33-26/h7-17,22H,2-6,18H2,1H3/b24-17-,29-27+. The number of hydrogen-bond acceptors (Lipinski definition) is 6. The molecule has 34 heavy (non-hydrogen) atoms. The zero-order valence-electron chi connectivity index (χ0n) is 19.1. The molecule has 0 radical (unpaired) electrons. The average molecular weight is 490 g/mol. The maximum atomic E-state index is 13.4. The van der Waals surface area contributed by atoms with Crippen LogP contribution in [0.4, 0.5) is 5.13 Å². The van der Waals surface area contributed by atoms with Gasteiger partial charge >= 0.3 is 0 Å². The van der Waals surface area contributed by atoms with E-state index < -0.39 is 0 Å². The molecule has 5 rings (SSSR count). The smallest absolute Gasteiger partial charge is 0.267 e. The fourth-order valence-electron chi connectivity index (χ4n) is 4.24. The fourth-order valence-corrected chi connectivity index (χ4v) is 5.84. The molecule has 7 heteroatoms. The number of rotatable bonds is 6. The average Bonchev–Trinajstić information content (AvgIpc) is 3.48. The molecule has 1 saturated carbocycles. The van der Waals surface area contributed by atoms with Crippen LogP contribution < -0.4 is 4.74 Å². The molecular weight excluding hydrogens is 462 g/mol. The summed E-state index contributed by atoms with van der Waals surface area (Å²) in [7, 11) is 0. The number of ether oxygens (including phenoxy) is 1. The summed E-state index contributed by atoms with van der Waals surface area (Å²) in [4.78, 5) is 25.0. The lowest BCUT2D eigenvalue weighted by atomic mass is 9.94. The minimum atomic E-state index is 0.0481. The van der Waals surface area contributed by atoms with Crippen LogP contribution in [0.5, 0.6) is 5.75 Å². The van der Waals surface area contributed by atoms with Gasteiger partial charge in [-0.2, -0.15) is 4.99 Å². The maximum absolute atomic E-state index is 13.4. The molecule has 2 fully saturated rings. The van der Waals surface area contributed by atoms with E-state index in [1.54, 1.807) is 6.20 Å². The first-order valence-corrected chi connectivity index (χ1v) is 13.3. The summed E-state index contributed by atoms with van der Waals surface area (Å²) >= 11 is 2.94. The molecule has 0 N–H and O–H groups in total.